The zero-order chi connectivity index (χ0) is 62.4. The molecule has 88 heavy (non-hydrogen) atoms. The summed E-state index contributed by atoms with van der Waals surface area (Å²) in [6.45, 7) is 16.2. The molecule has 4 atom stereocenters. The van der Waals surface area contributed by atoms with E-state index in [1.54, 1.807) is 0 Å². The summed E-state index contributed by atoms with van der Waals surface area (Å²) in [5.41, 5.74) is 4.08. The van der Waals surface area contributed by atoms with Crippen LogP contribution in [-0.2, 0) is 0 Å². The van der Waals surface area contributed by atoms with E-state index in [1.165, 1.54) is 19.6 Å². The summed E-state index contributed by atoms with van der Waals surface area (Å²) in [6.07, 6.45) is 10.7. The fourth-order valence-corrected chi connectivity index (χ4v) is 17.5. The fraction of sp³-hybridized carbons (Fsp3) is 0.333. The zero-order valence-corrected chi connectivity index (χ0v) is 56.6. The summed E-state index contributed by atoms with van der Waals surface area (Å²) >= 11 is 15.2. The summed E-state index contributed by atoms with van der Waals surface area (Å²) in [6, 6.07) is 21.6. The van der Waals surface area contributed by atoms with Crippen molar-refractivity contribution in [1.29, 1.82) is 0 Å². The number of fused-ring (bicyclic) bond motifs is 4. The minimum absolute atomic E-state index is 0.204. The molecule has 0 saturated heterocycles. The molecule has 0 bridgehead atoms. The summed E-state index contributed by atoms with van der Waals surface area (Å²) in [7, 11) is 0. The van der Waals surface area contributed by atoms with E-state index in [-0.39, 0.29) is 71.4 Å². The van der Waals surface area contributed by atoms with Crippen molar-refractivity contribution in [3.8, 4) is 0 Å². The van der Waals surface area contributed by atoms with E-state index in [2.05, 4.69) is 91.4 Å². The molecule has 10 aromatic rings. The van der Waals surface area contributed by atoms with Crippen molar-refractivity contribution in [3.05, 3.63) is 135 Å². The lowest BCUT2D eigenvalue weighted by Gasteiger charge is -2.34. The summed E-state index contributed by atoms with van der Waals surface area (Å²) < 4.78 is 2.91. The highest BCUT2D eigenvalue weighted by atomic mass is 79.9. The monoisotopic (exact) mass is 1430 g/mol. The van der Waals surface area contributed by atoms with Gasteiger partial charge < -0.3 is 0 Å². The van der Waals surface area contributed by atoms with Crippen molar-refractivity contribution >= 4 is 197 Å². The minimum atomic E-state index is -0.281. The molecule has 4 aliphatic heterocycles. The molecule has 0 spiro atoms. The van der Waals surface area contributed by atoms with Crippen LogP contribution in [0.1, 0.15) is 215 Å². The molecular formula is C72H64Br4N4O8. The van der Waals surface area contributed by atoms with Gasteiger partial charge in [0.15, 0.2) is 0 Å². The number of benzene rings is 10. The van der Waals surface area contributed by atoms with Crippen LogP contribution in [0.2, 0.25) is 0 Å². The molecule has 8 amide bonds. The van der Waals surface area contributed by atoms with Gasteiger partial charge in [0.2, 0.25) is 0 Å². The Morgan fingerprint density at radius 3 is 0.727 bits per heavy atom. The second-order valence-corrected chi connectivity index (χ2v) is 28.1. The predicted octanol–water partition coefficient (Wildman–Crippen LogP) is 19.2. The maximum absolute atomic E-state index is 14.0. The Morgan fingerprint density at radius 2 is 0.477 bits per heavy atom. The van der Waals surface area contributed by atoms with E-state index in [0.29, 0.717) is 66.1 Å². The lowest BCUT2D eigenvalue weighted by Crippen LogP contribution is -2.46. The molecule has 448 valence electrons. The van der Waals surface area contributed by atoms with Crippen LogP contribution in [0.15, 0.2) is 90.7 Å². The minimum Gasteiger partial charge on any atom is -0.272 e. The van der Waals surface area contributed by atoms with Crippen LogP contribution in [-0.4, -0.2) is 91.0 Å². The van der Waals surface area contributed by atoms with E-state index in [4.69, 9.17) is 0 Å². The average molecular weight is 1430 g/mol. The Labute approximate surface area is 542 Å². The van der Waals surface area contributed by atoms with Gasteiger partial charge in [-0.2, -0.15) is 0 Å². The van der Waals surface area contributed by atoms with Crippen molar-refractivity contribution < 1.29 is 38.4 Å². The highest BCUT2D eigenvalue weighted by molar-refractivity contribution is 9.11. The molecule has 4 aliphatic rings. The Hall–Kier alpha value is -6.72. The van der Waals surface area contributed by atoms with Gasteiger partial charge in [-0.05, 0) is 129 Å². The summed E-state index contributed by atoms with van der Waals surface area (Å²) in [4.78, 5) is 117. The molecule has 0 aromatic heterocycles. The average Bonchev–Trinajstić information content (AvgIpc) is 0.695. The maximum Gasteiger partial charge on any atom is 0.261 e. The molecule has 4 unspecified atom stereocenters. The molecule has 14 rings (SSSR count). The number of unbranched alkanes of at least 4 members (excludes halogenated alkanes) is 4. The number of imide groups is 4. The molecule has 10 aromatic carbocycles. The van der Waals surface area contributed by atoms with Crippen LogP contribution < -0.4 is 0 Å². The van der Waals surface area contributed by atoms with Gasteiger partial charge in [-0.25, -0.2) is 0 Å². The lowest BCUT2D eigenvalue weighted by molar-refractivity contribution is 0.0527. The van der Waals surface area contributed by atoms with E-state index in [0.717, 1.165) is 160 Å². The number of rotatable bonds is 16. The largest absolute Gasteiger partial charge is 0.272 e. The summed E-state index contributed by atoms with van der Waals surface area (Å²) in [5.74, 6) is -2.19. The number of hydrogen-bond donors (Lipinski definition) is 0. The van der Waals surface area contributed by atoms with Crippen molar-refractivity contribution in [3.63, 3.8) is 0 Å². The van der Waals surface area contributed by atoms with Gasteiger partial charge in [0.1, 0.15) is 0 Å². The van der Waals surface area contributed by atoms with Gasteiger partial charge in [-0.3, -0.25) is 58.0 Å². The first-order chi connectivity index (χ1) is 42.2. The van der Waals surface area contributed by atoms with Crippen molar-refractivity contribution in [1.82, 2.24) is 19.6 Å². The summed E-state index contributed by atoms with van der Waals surface area (Å²) in [5, 5.41) is 12.8. The lowest BCUT2D eigenvalue weighted by atomic mass is 9.82. The molecule has 0 N–H and O–H groups in total. The number of hydrogen-bond acceptors (Lipinski definition) is 8. The van der Waals surface area contributed by atoms with Gasteiger partial charge >= 0.3 is 0 Å². The highest BCUT2D eigenvalue weighted by Gasteiger charge is 2.43. The normalized spacial score (nSPS) is 16.4. The van der Waals surface area contributed by atoms with Crippen LogP contribution in [0.25, 0.3) is 86.2 Å². The van der Waals surface area contributed by atoms with Crippen LogP contribution in [0.3, 0.4) is 0 Å². The Bertz CT molecular complexity index is 4530. The van der Waals surface area contributed by atoms with Crippen LogP contribution >= 0.6 is 63.7 Å². The van der Waals surface area contributed by atoms with E-state index in [9.17, 15) is 38.4 Å². The molecule has 12 nitrogen and oxygen atoms in total. The number of halogens is 4. The first-order valence-corrected chi connectivity index (χ1v) is 34.1. The predicted molar refractivity (Wildman–Crippen MR) is 364 cm³/mol. The van der Waals surface area contributed by atoms with Crippen molar-refractivity contribution in [2.24, 2.45) is 0 Å². The maximum atomic E-state index is 14.0. The first-order valence-electron chi connectivity index (χ1n) is 30.9. The van der Waals surface area contributed by atoms with Gasteiger partial charge in [-0.15, -0.1) is 0 Å². The standard InChI is InChI=1S/2C36H32Br2N2O4/c1-5-7-9-17(3)39-33(41)21-13-11-19-30-26(38)16-24-28-22(34(42)40(36(24)44)18(4)10-8-6-2)14-12-20(32(28)30)29-25(37)15-23(35(39)43)27(21)31(19)29;1-5-7-9-17(3)39-33(41)21-13-11-19-27-20(12-14-22(28(21)27)34(39)42)31-26(38)16-24-29-23(15-25(37)30(19)32(29)31)35(43)40(36(24)44)18(4)10-8-6-2/h2*11-18H,5-10H2,1-4H3. The zero-order valence-electron chi connectivity index (χ0n) is 50.3. The van der Waals surface area contributed by atoms with Gasteiger partial charge in [-0.1, -0.05) is 167 Å². The number of amides is 8. The van der Waals surface area contributed by atoms with Crippen molar-refractivity contribution in [2.75, 3.05) is 0 Å². The molecule has 0 saturated carbocycles. The third kappa shape index (κ3) is 8.63. The third-order valence-electron chi connectivity index (χ3n) is 19.3. The van der Waals surface area contributed by atoms with Gasteiger partial charge in [0.25, 0.3) is 47.3 Å². The Kier molecular flexibility index (Phi) is 15.5. The van der Waals surface area contributed by atoms with E-state index in [1.807, 2.05) is 100 Å². The second-order valence-electron chi connectivity index (χ2n) is 24.7. The van der Waals surface area contributed by atoms with Crippen molar-refractivity contribution in [2.45, 2.75) is 157 Å². The smallest absolute Gasteiger partial charge is 0.261 e. The number of nitrogens with zero attached hydrogens (tertiary/aromatic N) is 4. The van der Waals surface area contributed by atoms with E-state index < -0.39 is 0 Å². The van der Waals surface area contributed by atoms with Crippen LogP contribution in [0.4, 0.5) is 0 Å². The fourth-order valence-electron chi connectivity index (χ4n) is 14.9. The third-order valence-corrected chi connectivity index (χ3v) is 21.8. The molecule has 16 heteroatoms. The molecule has 0 aliphatic carbocycles. The molecule has 0 radical (unpaired) electrons. The van der Waals surface area contributed by atoms with Gasteiger partial charge in [0, 0.05) is 146 Å². The number of carbonyl (C=O) groups is 8. The Balaban J connectivity index is 0.000000162. The molecular weight excluding hydrogens is 1370 g/mol. The highest BCUT2D eigenvalue weighted by Crippen LogP contribution is 2.53. The van der Waals surface area contributed by atoms with Crippen LogP contribution in [0.5, 0.6) is 0 Å². The first kappa shape index (κ1) is 60.2. The van der Waals surface area contributed by atoms with Crippen LogP contribution in [0, 0.1) is 0 Å². The molecule has 4 heterocycles. The van der Waals surface area contributed by atoms with Gasteiger partial charge in [0.05, 0.1) is 0 Å². The van der Waals surface area contributed by atoms with E-state index >= 15 is 0 Å². The Morgan fingerprint density at radius 1 is 0.273 bits per heavy atom. The quantitative estimate of drug-likeness (QED) is 0.0527. The second kappa shape index (κ2) is 22.6. The topological polar surface area (TPSA) is 150 Å². The number of carbonyl (C=O) groups excluding carboxylic acids is 8. The SMILES string of the molecule is CCCCC(C)N1C(=O)c2ccc3c4c(Br)cc5c6c(cc(Br)c(c7ccc(c2c37)C1=O)c64)C(=O)N(C(C)CCCC)C5=O.CCCCC(C)N1C(=O)c2ccc3c4c(Br)cc5c6c(ccc(c7c(Br)cc(c2c37)C1=O)c64)C(=O)N(C(C)CCCC)C5=O. The molecule has 0 fully saturated rings.